The number of carbonyl (C=O) groups excluding carboxylic acids is 1. The summed E-state index contributed by atoms with van der Waals surface area (Å²) in [6.07, 6.45) is 0. The lowest BCUT2D eigenvalue weighted by atomic mass is 10.3. The third-order valence-electron chi connectivity index (χ3n) is 2.57. The first-order valence-electron chi connectivity index (χ1n) is 7.01. The van der Waals surface area contributed by atoms with Gasteiger partial charge in [0.1, 0.15) is 18.1 Å². The lowest BCUT2D eigenvalue weighted by Crippen LogP contribution is -2.37. The van der Waals surface area contributed by atoms with Crippen LogP contribution in [0, 0.1) is 11.8 Å². The third-order valence-corrected chi connectivity index (χ3v) is 2.57. The van der Waals surface area contributed by atoms with E-state index in [4.69, 9.17) is 9.47 Å². The first-order chi connectivity index (χ1) is 10.6. The Labute approximate surface area is 131 Å². The molecule has 1 rings (SSSR count). The van der Waals surface area contributed by atoms with Crippen molar-refractivity contribution in [2.45, 2.75) is 0 Å². The Hall–Kier alpha value is -2.39. The number of hydrogen-bond donors (Lipinski definition) is 2. The van der Waals surface area contributed by atoms with Crippen LogP contribution in [-0.2, 0) is 0 Å². The lowest BCUT2D eigenvalue weighted by Gasteiger charge is -2.08. The second-order valence-electron chi connectivity index (χ2n) is 4.72. The molecule has 0 aliphatic heterocycles. The van der Waals surface area contributed by atoms with Crippen LogP contribution in [0.1, 0.15) is 0 Å². The minimum absolute atomic E-state index is 0.252. The van der Waals surface area contributed by atoms with Crippen LogP contribution in [0.2, 0.25) is 0 Å². The van der Waals surface area contributed by atoms with Crippen molar-refractivity contribution in [1.82, 2.24) is 15.5 Å². The maximum atomic E-state index is 11.5. The third kappa shape index (κ3) is 8.02. The van der Waals surface area contributed by atoms with Crippen molar-refractivity contribution in [1.29, 1.82) is 0 Å². The average molecular weight is 305 g/mol. The molecule has 0 bridgehead atoms. The van der Waals surface area contributed by atoms with Crippen LogP contribution < -0.4 is 20.1 Å². The zero-order chi connectivity index (χ0) is 16.2. The van der Waals surface area contributed by atoms with Gasteiger partial charge in [-0.25, -0.2) is 4.79 Å². The summed E-state index contributed by atoms with van der Waals surface area (Å²) < 4.78 is 10.6. The number of nitrogens with zero attached hydrogens (tertiary/aromatic N) is 1. The summed E-state index contributed by atoms with van der Waals surface area (Å²) >= 11 is 0. The summed E-state index contributed by atoms with van der Waals surface area (Å²) in [6, 6.07) is 7.03. The van der Waals surface area contributed by atoms with Gasteiger partial charge in [-0.3, -0.25) is 4.90 Å². The molecule has 0 aliphatic rings. The molecule has 0 radical (unpaired) electrons. The zero-order valence-corrected chi connectivity index (χ0v) is 13.3. The monoisotopic (exact) mass is 305 g/mol. The van der Waals surface area contributed by atoms with Gasteiger partial charge in [-0.05, 0) is 38.4 Å². The molecule has 22 heavy (non-hydrogen) atoms. The number of benzene rings is 1. The molecule has 0 fully saturated rings. The summed E-state index contributed by atoms with van der Waals surface area (Å²) in [7, 11) is 5.50. The fourth-order valence-electron chi connectivity index (χ4n) is 1.47. The predicted octanol–water partition coefficient (Wildman–Crippen LogP) is 0.938. The van der Waals surface area contributed by atoms with E-state index in [0.29, 0.717) is 26.2 Å². The Morgan fingerprint density at radius 3 is 2.45 bits per heavy atom. The lowest BCUT2D eigenvalue weighted by molar-refractivity contribution is 0.237. The summed E-state index contributed by atoms with van der Waals surface area (Å²) in [4.78, 5) is 13.4. The van der Waals surface area contributed by atoms with E-state index >= 15 is 0 Å². The fraction of sp³-hybridized carbons (Fsp3) is 0.438. The number of hydrogen-bond acceptors (Lipinski definition) is 4. The molecule has 0 atom stereocenters. The Balaban J connectivity index is 2.10. The topological polar surface area (TPSA) is 62.8 Å². The Morgan fingerprint density at radius 2 is 1.82 bits per heavy atom. The molecule has 0 aromatic heterocycles. The summed E-state index contributed by atoms with van der Waals surface area (Å²) in [5.41, 5.74) is 0. The van der Waals surface area contributed by atoms with Crippen LogP contribution in [0.15, 0.2) is 24.3 Å². The maximum absolute atomic E-state index is 11.5. The predicted molar refractivity (Wildman–Crippen MR) is 86.2 cm³/mol. The Bertz CT molecular complexity index is 504. The van der Waals surface area contributed by atoms with Crippen LogP contribution in [0.5, 0.6) is 11.5 Å². The second kappa shape index (κ2) is 10.4. The molecule has 0 heterocycles. The maximum Gasteiger partial charge on any atom is 0.315 e. The molecular formula is C16H23N3O3. The summed E-state index contributed by atoms with van der Waals surface area (Å²) in [5, 5.41) is 5.35. The minimum atomic E-state index is -0.252. The second-order valence-corrected chi connectivity index (χ2v) is 4.72. The standard InChI is InChI=1S/C16H23N3O3/c1-19(2)12-5-4-10-17-16(20)18-11-13-22-15-8-6-14(21-3)7-9-15/h6-9H,10-13H2,1-3H3,(H2,17,18,20). The van der Waals surface area contributed by atoms with Crippen molar-refractivity contribution in [3.05, 3.63) is 24.3 Å². The summed E-state index contributed by atoms with van der Waals surface area (Å²) in [6.45, 7) is 1.83. The van der Waals surface area contributed by atoms with Gasteiger partial charge in [0.2, 0.25) is 0 Å². The molecule has 6 heteroatoms. The normalized spacial score (nSPS) is 9.64. The van der Waals surface area contributed by atoms with E-state index in [-0.39, 0.29) is 6.03 Å². The molecule has 120 valence electrons. The van der Waals surface area contributed by atoms with E-state index in [1.54, 1.807) is 7.11 Å². The molecule has 1 aromatic rings. The number of ether oxygens (including phenoxy) is 2. The van der Waals surface area contributed by atoms with Gasteiger partial charge in [0.25, 0.3) is 0 Å². The van der Waals surface area contributed by atoms with Gasteiger partial charge >= 0.3 is 6.03 Å². The highest BCUT2D eigenvalue weighted by Crippen LogP contribution is 2.16. The number of methoxy groups -OCH3 is 1. The molecule has 0 unspecified atom stereocenters. The highest BCUT2D eigenvalue weighted by molar-refractivity contribution is 5.74. The Kier molecular flexibility index (Phi) is 8.31. The highest BCUT2D eigenvalue weighted by Gasteiger charge is 1.98. The van der Waals surface area contributed by atoms with Crippen LogP contribution in [0.4, 0.5) is 4.79 Å². The van der Waals surface area contributed by atoms with Crippen LogP contribution in [0.3, 0.4) is 0 Å². The van der Waals surface area contributed by atoms with Crippen molar-refractivity contribution in [3.63, 3.8) is 0 Å². The van der Waals surface area contributed by atoms with Gasteiger partial charge < -0.3 is 20.1 Å². The van der Waals surface area contributed by atoms with Crippen molar-refractivity contribution < 1.29 is 14.3 Å². The molecule has 6 nitrogen and oxygen atoms in total. The van der Waals surface area contributed by atoms with E-state index in [2.05, 4.69) is 22.5 Å². The number of carbonyl (C=O) groups is 1. The van der Waals surface area contributed by atoms with E-state index in [0.717, 1.165) is 11.5 Å². The number of urea groups is 1. The van der Waals surface area contributed by atoms with Crippen molar-refractivity contribution in [2.24, 2.45) is 0 Å². The van der Waals surface area contributed by atoms with E-state index in [9.17, 15) is 4.79 Å². The van der Waals surface area contributed by atoms with Crippen molar-refractivity contribution in [3.8, 4) is 23.3 Å². The van der Waals surface area contributed by atoms with Crippen LogP contribution >= 0.6 is 0 Å². The molecule has 2 amide bonds. The number of rotatable bonds is 7. The van der Waals surface area contributed by atoms with Gasteiger partial charge in [0.15, 0.2) is 0 Å². The fourth-order valence-corrected chi connectivity index (χ4v) is 1.47. The summed E-state index contributed by atoms with van der Waals surface area (Å²) in [5.74, 6) is 7.32. The van der Waals surface area contributed by atoms with Crippen LogP contribution in [-0.4, -0.2) is 58.4 Å². The largest absolute Gasteiger partial charge is 0.497 e. The van der Waals surface area contributed by atoms with Crippen molar-refractivity contribution in [2.75, 3.05) is 47.4 Å². The molecule has 1 aromatic carbocycles. The van der Waals surface area contributed by atoms with E-state index in [1.165, 1.54) is 0 Å². The van der Waals surface area contributed by atoms with Gasteiger partial charge in [-0.1, -0.05) is 11.8 Å². The molecule has 0 spiro atoms. The number of nitrogens with one attached hydrogen (secondary N) is 2. The van der Waals surface area contributed by atoms with Gasteiger partial charge in [0, 0.05) is 0 Å². The van der Waals surface area contributed by atoms with Crippen LogP contribution in [0.25, 0.3) is 0 Å². The number of amides is 2. The first kappa shape index (κ1) is 17.7. The van der Waals surface area contributed by atoms with E-state index < -0.39 is 0 Å². The molecule has 0 aliphatic carbocycles. The average Bonchev–Trinajstić information content (AvgIpc) is 2.51. The van der Waals surface area contributed by atoms with Gasteiger partial charge in [-0.15, -0.1) is 0 Å². The quantitative estimate of drug-likeness (QED) is 0.581. The van der Waals surface area contributed by atoms with Gasteiger partial charge in [-0.2, -0.15) is 0 Å². The molecule has 2 N–H and O–H groups in total. The molecular weight excluding hydrogens is 282 g/mol. The molecule has 0 saturated heterocycles. The molecule has 0 saturated carbocycles. The zero-order valence-electron chi connectivity index (χ0n) is 13.3. The van der Waals surface area contributed by atoms with Gasteiger partial charge in [0.05, 0.1) is 26.7 Å². The smallest absolute Gasteiger partial charge is 0.315 e. The van der Waals surface area contributed by atoms with E-state index in [1.807, 2.05) is 43.3 Å². The first-order valence-corrected chi connectivity index (χ1v) is 7.01. The minimum Gasteiger partial charge on any atom is -0.497 e. The SMILES string of the molecule is COc1ccc(OCCNC(=O)NCC#CCN(C)C)cc1. The highest BCUT2D eigenvalue weighted by atomic mass is 16.5. The Morgan fingerprint density at radius 1 is 1.14 bits per heavy atom. The van der Waals surface area contributed by atoms with Crippen molar-refractivity contribution >= 4 is 6.03 Å².